The molecule has 0 aromatic heterocycles. The van der Waals surface area contributed by atoms with Gasteiger partial charge in [0, 0.05) is 26.1 Å². The fraction of sp³-hybridized carbons (Fsp3) is 0.889. The molecule has 7 heteroatoms. The second kappa shape index (κ2) is 7.16. The highest BCUT2D eigenvalue weighted by Crippen LogP contribution is 2.01. The lowest BCUT2D eigenvalue weighted by Crippen LogP contribution is -2.43. The molecule has 0 heterocycles. The molecule has 0 rings (SSSR count). The third-order valence-electron chi connectivity index (χ3n) is 1.97. The Kier molecular flexibility index (Phi) is 7.05. The summed E-state index contributed by atoms with van der Waals surface area (Å²) < 4.78 is 27.5. The second-order valence-corrected chi connectivity index (χ2v) is 6.23. The first-order valence-electron chi connectivity index (χ1n) is 5.32. The van der Waals surface area contributed by atoms with Gasteiger partial charge in [0.1, 0.15) is 0 Å². The molecule has 0 saturated heterocycles. The highest BCUT2D eigenvalue weighted by atomic mass is 32.2. The van der Waals surface area contributed by atoms with Crippen molar-refractivity contribution in [2.24, 2.45) is 11.7 Å². The Balaban J connectivity index is 4.37. The van der Waals surface area contributed by atoms with Crippen LogP contribution in [0.15, 0.2) is 0 Å². The number of rotatable bonds is 8. The van der Waals surface area contributed by atoms with E-state index in [1.54, 1.807) is 6.92 Å². The summed E-state index contributed by atoms with van der Waals surface area (Å²) in [4.78, 5) is 0.331. The highest BCUT2D eigenvalue weighted by molar-refractivity contribution is 7.87. The SMILES string of the molecule is CCN(CCC(N)=S)S(=O)(=O)NCC(C)C. The van der Waals surface area contributed by atoms with Crippen LogP contribution in [0.2, 0.25) is 0 Å². The molecule has 0 aliphatic heterocycles. The molecular weight excluding hydrogens is 246 g/mol. The normalized spacial score (nSPS) is 12.3. The van der Waals surface area contributed by atoms with E-state index in [-0.39, 0.29) is 5.92 Å². The van der Waals surface area contributed by atoms with Gasteiger partial charge in [-0.05, 0) is 5.92 Å². The standard InChI is InChI=1S/C9H21N3O2S2/c1-4-12(6-5-9(10)15)16(13,14)11-7-8(2)3/h8,11H,4-7H2,1-3H3,(H2,10,15). The molecule has 96 valence electrons. The van der Waals surface area contributed by atoms with E-state index in [4.69, 9.17) is 18.0 Å². The van der Waals surface area contributed by atoms with Crippen LogP contribution in [-0.4, -0.2) is 37.3 Å². The minimum atomic E-state index is -3.40. The smallest absolute Gasteiger partial charge is 0.279 e. The summed E-state index contributed by atoms with van der Waals surface area (Å²) in [5.74, 6) is 0.282. The Morgan fingerprint density at radius 2 is 2.06 bits per heavy atom. The molecule has 3 N–H and O–H groups in total. The van der Waals surface area contributed by atoms with E-state index in [2.05, 4.69) is 4.72 Å². The van der Waals surface area contributed by atoms with Gasteiger partial charge in [0.15, 0.2) is 0 Å². The first-order chi connectivity index (χ1) is 7.29. The van der Waals surface area contributed by atoms with Crippen molar-refractivity contribution >= 4 is 27.4 Å². The Bertz CT molecular complexity index is 315. The van der Waals surface area contributed by atoms with Gasteiger partial charge >= 0.3 is 0 Å². The number of nitrogens with one attached hydrogen (secondary N) is 1. The highest BCUT2D eigenvalue weighted by Gasteiger charge is 2.19. The average molecular weight is 267 g/mol. The minimum absolute atomic E-state index is 0.282. The Morgan fingerprint density at radius 1 is 1.50 bits per heavy atom. The van der Waals surface area contributed by atoms with Crippen LogP contribution in [0.1, 0.15) is 27.2 Å². The maximum absolute atomic E-state index is 11.8. The van der Waals surface area contributed by atoms with Gasteiger partial charge in [-0.15, -0.1) is 0 Å². The third kappa shape index (κ3) is 6.37. The molecule has 0 bridgehead atoms. The summed E-state index contributed by atoms with van der Waals surface area (Å²) in [6.45, 7) is 6.87. The van der Waals surface area contributed by atoms with Crippen LogP contribution in [0, 0.1) is 5.92 Å². The van der Waals surface area contributed by atoms with Gasteiger partial charge in [-0.2, -0.15) is 12.7 Å². The Hall–Kier alpha value is -0.240. The summed E-state index contributed by atoms with van der Waals surface area (Å²) >= 11 is 4.73. The molecule has 0 aromatic rings. The molecule has 0 aliphatic rings. The fourth-order valence-corrected chi connectivity index (χ4v) is 2.54. The van der Waals surface area contributed by atoms with Crippen LogP contribution in [0.5, 0.6) is 0 Å². The topological polar surface area (TPSA) is 75.4 Å². The zero-order chi connectivity index (χ0) is 12.8. The molecule has 0 aliphatic carbocycles. The van der Waals surface area contributed by atoms with E-state index in [1.165, 1.54) is 4.31 Å². The van der Waals surface area contributed by atoms with E-state index in [0.717, 1.165) is 0 Å². The predicted octanol–water partition coefficient (Wildman–Crippen LogP) is 0.475. The van der Waals surface area contributed by atoms with Gasteiger partial charge in [-0.3, -0.25) is 0 Å². The van der Waals surface area contributed by atoms with Gasteiger partial charge < -0.3 is 5.73 Å². The Labute approximate surface area is 104 Å². The molecule has 0 saturated carbocycles. The largest absolute Gasteiger partial charge is 0.393 e. The predicted molar refractivity (Wildman–Crippen MR) is 70.4 cm³/mol. The Morgan fingerprint density at radius 3 is 2.44 bits per heavy atom. The maximum atomic E-state index is 11.8. The third-order valence-corrected chi connectivity index (χ3v) is 3.83. The van der Waals surface area contributed by atoms with Gasteiger partial charge in [0.25, 0.3) is 10.2 Å². The van der Waals surface area contributed by atoms with Crippen molar-refractivity contribution in [3.63, 3.8) is 0 Å². The van der Waals surface area contributed by atoms with Crippen LogP contribution in [0.4, 0.5) is 0 Å². The maximum Gasteiger partial charge on any atom is 0.279 e. The first-order valence-corrected chi connectivity index (χ1v) is 7.17. The molecule has 0 amide bonds. The summed E-state index contributed by atoms with van der Waals surface area (Å²) in [5, 5.41) is 0. The van der Waals surface area contributed by atoms with Crippen LogP contribution >= 0.6 is 12.2 Å². The molecule has 0 radical (unpaired) electrons. The molecule has 16 heavy (non-hydrogen) atoms. The van der Waals surface area contributed by atoms with E-state index in [0.29, 0.717) is 31.0 Å². The van der Waals surface area contributed by atoms with Gasteiger partial charge in [-0.25, -0.2) is 4.72 Å². The van der Waals surface area contributed by atoms with E-state index < -0.39 is 10.2 Å². The van der Waals surface area contributed by atoms with E-state index in [1.807, 2.05) is 13.8 Å². The van der Waals surface area contributed by atoms with Crippen molar-refractivity contribution in [1.29, 1.82) is 0 Å². The number of nitrogens with zero attached hydrogens (tertiary/aromatic N) is 1. The van der Waals surface area contributed by atoms with Crippen LogP contribution < -0.4 is 10.5 Å². The second-order valence-electron chi connectivity index (χ2n) is 3.96. The molecule has 0 spiro atoms. The number of thiocarbonyl (C=S) groups is 1. The molecule has 0 fully saturated rings. The van der Waals surface area contributed by atoms with Crippen LogP contribution in [0.25, 0.3) is 0 Å². The minimum Gasteiger partial charge on any atom is -0.393 e. The fourth-order valence-electron chi connectivity index (χ4n) is 1.05. The van der Waals surface area contributed by atoms with E-state index in [9.17, 15) is 8.42 Å². The summed E-state index contributed by atoms with van der Waals surface area (Å²) in [6, 6.07) is 0. The zero-order valence-electron chi connectivity index (χ0n) is 10.1. The van der Waals surface area contributed by atoms with Gasteiger partial charge in [-0.1, -0.05) is 33.0 Å². The lowest BCUT2D eigenvalue weighted by atomic mass is 10.2. The zero-order valence-corrected chi connectivity index (χ0v) is 11.7. The van der Waals surface area contributed by atoms with Crippen molar-refractivity contribution in [3.8, 4) is 0 Å². The molecule has 0 aromatic carbocycles. The van der Waals surface area contributed by atoms with Crippen molar-refractivity contribution < 1.29 is 8.42 Å². The molecule has 0 unspecified atom stereocenters. The summed E-state index contributed by atoms with van der Waals surface area (Å²) in [6.07, 6.45) is 0.408. The quantitative estimate of drug-likeness (QED) is 0.627. The summed E-state index contributed by atoms with van der Waals surface area (Å²) in [7, 11) is -3.40. The molecular formula is C9H21N3O2S2. The van der Waals surface area contributed by atoms with Crippen molar-refractivity contribution in [2.75, 3.05) is 19.6 Å². The first kappa shape index (κ1) is 15.8. The number of nitrogens with two attached hydrogens (primary N) is 1. The molecule has 5 nitrogen and oxygen atoms in total. The van der Waals surface area contributed by atoms with Crippen LogP contribution in [-0.2, 0) is 10.2 Å². The van der Waals surface area contributed by atoms with Gasteiger partial charge in [0.05, 0.1) is 4.99 Å². The number of hydrogen-bond acceptors (Lipinski definition) is 3. The van der Waals surface area contributed by atoms with E-state index >= 15 is 0 Å². The van der Waals surface area contributed by atoms with Gasteiger partial charge in [0.2, 0.25) is 0 Å². The average Bonchev–Trinajstić information content (AvgIpc) is 2.15. The summed E-state index contributed by atoms with van der Waals surface area (Å²) in [5.41, 5.74) is 5.35. The monoisotopic (exact) mass is 267 g/mol. The molecule has 0 atom stereocenters. The van der Waals surface area contributed by atoms with Crippen molar-refractivity contribution in [2.45, 2.75) is 27.2 Å². The van der Waals surface area contributed by atoms with Crippen molar-refractivity contribution in [1.82, 2.24) is 9.03 Å². The van der Waals surface area contributed by atoms with Crippen LogP contribution in [0.3, 0.4) is 0 Å². The van der Waals surface area contributed by atoms with Crippen molar-refractivity contribution in [3.05, 3.63) is 0 Å². The number of hydrogen-bond donors (Lipinski definition) is 2. The lowest BCUT2D eigenvalue weighted by Gasteiger charge is -2.21. The lowest BCUT2D eigenvalue weighted by molar-refractivity contribution is 0.423.